The molecular formula is C10H7N5O2. The van der Waals surface area contributed by atoms with Gasteiger partial charge in [0.1, 0.15) is 12.9 Å². The predicted molar refractivity (Wildman–Crippen MR) is 57.2 cm³/mol. The van der Waals surface area contributed by atoms with E-state index in [2.05, 4.69) is 20.1 Å². The fraction of sp³-hybridized carbons (Fsp3) is 0.100. The van der Waals surface area contributed by atoms with E-state index in [4.69, 9.17) is 4.52 Å². The fourth-order valence-electron chi connectivity index (χ4n) is 1.52. The normalized spacial score (nSPS) is 10.8. The minimum Gasteiger partial charge on any atom is -0.338 e. The van der Waals surface area contributed by atoms with Gasteiger partial charge in [-0.15, -0.1) is 0 Å². The molecule has 0 saturated carbocycles. The molecule has 0 fully saturated rings. The van der Waals surface area contributed by atoms with Crippen LogP contribution in [0.5, 0.6) is 0 Å². The topological polar surface area (TPSA) is 86.7 Å². The molecule has 0 N–H and O–H groups in total. The van der Waals surface area contributed by atoms with Crippen LogP contribution in [0.4, 0.5) is 0 Å². The maximum Gasteiger partial charge on any atom is 0.263 e. The lowest BCUT2D eigenvalue weighted by molar-refractivity contribution is 0.368. The van der Waals surface area contributed by atoms with E-state index in [1.54, 1.807) is 18.3 Å². The number of hydrogen-bond donors (Lipinski definition) is 0. The van der Waals surface area contributed by atoms with Crippen molar-refractivity contribution in [2.75, 3.05) is 0 Å². The maximum absolute atomic E-state index is 12.0. The first-order valence-electron chi connectivity index (χ1n) is 4.90. The number of fused-ring (bicyclic) bond motifs is 1. The lowest BCUT2D eigenvalue weighted by Crippen LogP contribution is -2.21. The third-order valence-corrected chi connectivity index (χ3v) is 2.31. The highest BCUT2D eigenvalue weighted by molar-refractivity contribution is 5.72. The molecule has 3 aromatic rings. The molecule has 0 aliphatic rings. The van der Waals surface area contributed by atoms with Crippen molar-refractivity contribution >= 4 is 11.0 Å². The first-order chi connectivity index (χ1) is 8.34. The summed E-state index contributed by atoms with van der Waals surface area (Å²) in [7, 11) is 0. The second-order valence-electron chi connectivity index (χ2n) is 3.39. The molecule has 0 unspecified atom stereocenters. The third kappa shape index (κ3) is 1.67. The molecule has 3 heterocycles. The Morgan fingerprint density at radius 1 is 1.29 bits per heavy atom. The van der Waals surface area contributed by atoms with Gasteiger partial charge < -0.3 is 4.52 Å². The van der Waals surface area contributed by atoms with Crippen LogP contribution in [-0.2, 0) is 6.54 Å². The SMILES string of the molecule is O=c1c2cccnc2ncn1Cc1ncno1. The van der Waals surface area contributed by atoms with Gasteiger partial charge in [0, 0.05) is 6.20 Å². The highest BCUT2D eigenvalue weighted by atomic mass is 16.5. The van der Waals surface area contributed by atoms with Crippen molar-refractivity contribution in [2.45, 2.75) is 6.54 Å². The van der Waals surface area contributed by atoms with Crippen LogP contribution in [0.1, 0.15) is 5.89 Å². The number of nitrogens with zero attached hydrogens (tertiary/aromatic N) is 5. The van der Waals surface area contributed by atoms with Gasteiger partial charge in [0.2, 0.25) is 5.89 Å². The van der Waals surface area contributed by atoms with Crippen molar-refractivity contribution in [3.63, 3.8) is 0 Å². The van der Waals surface area contributed by atoms with Gasteiger partial charge in [0.15, 0.2) is 12.0 Å². The summed E-state index contributed by atoms with van der Waals surface area (Å²) in [5.41, 5.74) is 0.251. The number of pyridine rings is 1. The zero-order chi connectivity index (χ0) is 11.7. The Bertz CT molecular complexity index is 704. The fourth-order valence-corrected chi connectivity index (χ4v) is 1.52. The molecule has 3 rings (SSSR count). The molecule has 0 amide bonds. The van der Waals surface area contributed by atoms with E-state index in [-0.39, 0.29) is 12.1 Å². The molecule has 0 aliphatic carbocycles. The van der Waals surface area contributed by atoms with E-state index < -0.39 is 0 Å². The molecule has 0 aliphatic heterocycles. The summed E-state index contributed by atoms with van der Waals surface area (Å²) in [4.78, 5) is 24.0. The zero-order valence-corrected chi connectivity index (χ0v) is 8.65. The summed E-state index contributed by atoms with van der Waals surface area (Å²) < 4.78 is 6.24. The summed E-state index contributed by atoms with van der Waals surface area (Å²) >= 11 is 0. The smallest absolute Gasteiger partial charge is 0.263 e. The van der Waals surface area contributed by atoms with Crippen LogP contribution in [0.15, 0.2) is 40.3 Å². The van der Waals surface area contributed by atoms with E-state index in [1.807, 2.05) is 0 Å². The van der Waals surface area contributed by atoms with Crippen molar-refractivity contribution in [3.05, 3.63) is 47.2 Å². The second kappa shape index (κ2) is 3.78. The Morgan fingerprint density at radius 3 is 3.06 bits per heavy atom. The van der Waals surface area contributed by atoms with Gasteiger partial charge in [-0.05, 0) is 12.1 Å². The minimum atomic E-state index is -0.179. The van der Waals surface area contributed by atoms with Crippen molar-refractivity contribution < 1.29 is 4.52 Å². The molecule has 0 bridgehead atoms. The van der Waals surface area contributed by atoms with Crippen LogP contribution in [0.3, 0.4) is 0 Å². The number of aromatic nitrogens is 5. The molecule has 0 saturated heterocycles. The van der Waals surface area contributed by atoms with Gasteiger partial charge in [0.25, 0.3) is 5.56 Å². The quantitative estimate of drug-likeness (QED) is 0.624. The van der Waals surface area contributed by atoms with Gasteiger partial charge in [-0.25, -0.2) is 9.97 Å². The number of hydrogen-bond acceptors (Lipinski definition) is 6. The van der Waals surface area contributed by atoms with Crippen LogP contribution in [0.25, 0.3) is 11.0 Å². The molecule has 7 heteroatoms. The Morgan fingerprint density at radius 2 is 2.24 bits per heavy atom. The van der Waals surface area contributed by atoms with Gasteiger partial charge in [0.05, 0.1) is 5.39 Å². The molecule has 17 heavy (non-hydrogen) atoms. The van der Waals surface area contributed by atoms with E-state index in [0.29, 0.717) is 16.9 Å². The summed E-state index contributed by atoms with van der Waals surface area (Å²) in [5, 5.41) is 3.94. The van der Waals surface area contributed by atoms with Crippen molar-refractivity contribution in [1.82, 2.24) is 24.7 Å². The zero-order valence-electron chi connectivity index (χ0n) is 8.65. The van der Waals surface area contributed by atoms with Gasteiger partial charge >= 0.3 is 0 Å². The van der Waals surface area contributed by atoms with E-state index in [0.717, 1.165) is 0 Å². The molecule has 7 nitrogen and oxygen atoms in total. The molecular weight excluding hydrogens is 222 g/mol. The predicted octanol–water partition coefficient (Wildman–Crippen LogP) is 0.223. The average molecular weight is 229 g/mol. The van der Waals surface area contributed by atoms with E-state index in [9.17, 15) is 4.79 Å². The van der Waals surface area contributed by atoms with Crippen molar-refractivity contribution in [2.24, 2.45) is 0 Å². The van der Waals surface area contributed by atoms with Gasteiger partial charge in [-0.2, -0.15) is 4.98 Å². The molecule has 0 spiro atoms. The van der Waals surface area contributed by atoms with Crippen LogP contribution in [0, 0.1) is 0 Å². The molecule has 3 aromatic heterocycles. The summed E-state index contributed by atoms with van der Waals surface area (Å²) in [6.45, 7) is 0.205. The lowest BCUT2D eigenvalue weighted by Gasteiger charge is -2.02. The monoisotopic (exact) mass is 229 g/mol. The first-order valence-corrected chi connectivity index (χ1v) is 4.90. The minimum absolute atomic E-state index is 0.179. The lowest BCUT2D eigenvalue weighted by atomic mass is 10.3. The third-order valence-electron chi connectivity index (χ3n) is 2.31. The molecule has 84 valence electrons. The largest absolute Gasteiger partial charge is 0.338 e. The van der Waals surface area contributed by atoms with E-state index in [1.165, 1.54) is 17.2 Å². The molecule has 0 aromatic carbocycles. The Hall–Kier alpha value is -2.57. The number of rotatable bonds is 2. The maximum atomic E-state index is 12.0. The molecule has 0 atom stereocenters. The standard InChI is InChI=1S/C10H7N5O2/c16-10-7-2-1-3-11-9(7)13-6-15(10)4-8-12-5-14-17-8/h1-3,5-6H,4H2. The average Bonchev–Trinajstić information content (AvgIpc) is 2.86. The summed E-state index contributed by atoms with van der Waals surface area (Å²) in [5.74, 6) is 0.358. The van der Waals surface area contributed by atoms with Crippen molar-refractivity contribution in [1.29, 1.82) is 0 Å². The van der Waals surface area contributed by atoms with Crippen LogP contribution < -0.4 is 5.56 Å². The van der Waals surface area contributed by atoms with Crippen molar-refractivity contribution in [3.8, 4) is 0 Å². The van der Waals surface area contributed by atoms with Crippen LogP contribution in [-0.4, -0.2) is 24.7 Å². The Balaban J connectivity index is 2.12. The summed E-state index contributed by atoms with van der Waals surface area (Å²) in [6, 6.07) is 3.38. The Kier molecular flexibility index (Phi) is 2.14. The van der Waals surface area contributed by atoms with Gasteiger partial charge in [-0.3, -0.25) is 9.36 Å². The first kappa shape index (κ1) is 9.64. The van der Waals surface area contributed by atoms with Gasteiger partial charge in [-0.1, -0.05) is 5.16 Å². The second-order valence-corrected chi connectivity index (χ2v) is 3.39. The molecule has 0 radical (unpaired) electrons. The highest BCUT2D eigenvalue weighted by Crippen LogP contribution is 2.02. The highest BCUT2D eigenvalue weighted by Gasteiger charge is 2.07. The summed E-state index contributed by atoms with van der Waals surface area (Å²) in [6.07, 6.45) is 4.30. The van der Waals surface area contributed by atoms with E-state index >= 15 is 0 Å². The van der Waals surface area contributed by atoms with Crippen LogP contribution >= 0.6 is 0 Å². The Labute approximate surface area is 94.8 Å². The van der Waals surface area contributed by atoms with Crippen LogP contribution in [0.2, 0.25) is 0 Å².